The summed E-state index contributed by atoms with van der Waals surface area (Å²) < 4.78 is 1.54. The fraction of sp³-hybridized carbons (Fsp3) is 0.353. The maximum Gasteiger partial charge on any atom is 0.256 e. The zero-order valence-electron chi connectivity index (χ0n) is 13.6. The van der Waals surface area contributed by atoms with Gasteiger partial charge in [-0.05, 0) is 25.5 Å². The Bertz CT molecular complexity index is 893. The van der Waals surface area contributed by atoms with Gasteiger partial charge in [-0.25, -0.2) is 9.97 Å². The predicted octanol–water partition coefficient (Wildman–Crippen LogP) is 0.596. The number of rotatable bonds is 1. The molecule has 0 spiro atoms. The van der Waals surface area contributed by atoms with Crippen LogP contribution < -0.4 is 5.56 Å². The minimum atomic E-state index is -0.145. The molecule has 7 heteroatoms. The molecule has 1 amide bonds. The van der Waals surface area contributed by atoms with Crippen LogP contribution in [0.15, 0.2) is 23.1 Å². The molecule has 1 aliphatic rings. The van der Waals surface area contributed by atoms with Gasteiger partial charge in [0, 0.05) is 38.3 Å². The van der Waals surface area contributed by atoms with Gasteiger partial charge in [0.2, 0.25) is 0 Å². The minimum absolute atomic E-state index is 0.0353. The number of carbonyl (C=O) groups excluding carboxylic acids is 1. The second-order valence-electron chi connectivity index (χ2n) is 5.78. The molecule has 2 aromatic heterocycles. The van der Waals surface area contributed by atoms with Crippen LogP contribution in [-0.4, -0.2) is 38.4 Å². The van der Waals surface area contributed by atoms with E-state index in [9.17, 15) is 9.59 Å². The maximum absolute atomic E-state index is 12.6. The minimum Gasteiger partial charge on any atom is -0.338 e. The number of fused-ring (bicyclic) bond motifs is 1. The predicted molar refractivity (Wildman–Crippen MR) is 86.5 cm³/mol. The molecular formula is C17H17N5O2. The van der Waals surface area contributed by atoms with Crippen LogP contribution in [0.4, 0.5) is 0 Å². The molecule has 0 saturated carbocycles. The highest BCUT2D eigenvalue weighted by atomic mass is 16.2. The normalized spacial score (nSPS) is 13.8. The molecule has 3 heterocycles. The zero-order chi connectivity index (χ0) is 17.3. The molecule has 1 aliphatic heterocycles. The van der Waals surface area contributed by atoms with Crippen molar-refractivity contribution in [1.29, 1.82) is 5.26 Å². The van der Waals surface area contributed by atoms with Gasteiger partial charge in [0.05, 0.1) is 11.3 Å². The molecule has 0 radical (unpaired) electrons. The molecule has 0 unspecified atom stereocenters. The Morgan fingerprint density at radius 3 is 2.71 bits per heavy atom. The van der Waals surface area contributed by atoms with Crippen molar-refractivity contribution in [2.75, 3.05) is 13.1 Å². The third kappa shape index (κ3) is 2.78. The number of hydrogen-bond donors (Lipinski definition) is 0. The van der Waals surface area contributed by atoms with E-state index in [0.29, 0.717) is 42.9 Å². The topological polar surface area (TPSA) is 91.9 Å². The summed E-state index contributed by atoms with van der Waals surface area (Å²) in [5.41, 5.74) is 2.15. The van der Waals surface area contributed by atoms with E-state index in [-0.39, 0.29) is 17.2 Å². The molecule has 0 atom stereocenters. The number of aromatic nitrogens is 3. The van der Waals surface area contributed by atoms with Crippen molar-refractivity contribution in [1.82, 2.24) is 19.4 Å². The van der Waals surface area contributed by atoms with Gasteiger partial charge in [-0.3, -0.25) is 14.2 Å². The van der Waals surface area contributed by atoms with E-state index in [1.54, 1.807) is 29.5 Å². The first kappa shape index (κ1) is 15.9. The van der Waals surface area contributed by atoms with Gasteiger partial charge >= 0.3 is 0 Å². The molecule has 0 aromatic carbocycles. The molecule has 24 heavy (non-hydrogen) atoms. The molecule has 122 valence electrons. The standard InChI is InChI=1S/C17H17N5O2/c1-11-20-15-6-8-22(7-5-14(15)17(24)21(11)2)16(23)12-3-4-13(9-18)19-10-12/h3-4,10H,5-8H2,1-2H3. The van der Waals surface area contributed by atoms with Crippen molar-refractivity contribution < 1.29 is 4.79 Å². The van der Waals surface area contributed by atoms with E-state index in [1.807, 2.05) is 6.07 Å². The van der Waals surface area contributed by atoms with Crippen LogP contribution >= 0.6 is 0 Å². The number of nitrogens with zero attached hydrogens (tertiary/aromatic N) is 5. The summed E-state index contributed by atoms with van der Waals surface area (Å²) in [5, 5.41) is 8.78. The van der Waals surface area contributed by atoms with Crippen molar-refractivity contribution in [2.24, 2.45) is 7.05 Å². The Balaban J connectivity index is 1.83. The van der Waals surface area contributed by atoms with E-state index in [2.05, 4.69) is 9.97 Å². The number of pyridine rings is 1. The van der Waals surface area contributed by atoms with Crippen LogP contribution in [0.1, 0.15) is 33.1 Å². The zero-order valence-corrected chi connectivity index (χ0v) is 13.6. The lowest BCUT2D eigenvalue weighted by Crippen LogP contribution is -2.33. The Labute approximate surface area is 139 Å². The van der Waals surface area contributed by atoms with Crippen molar-refractivity contribution in [3.05, 3.63) is 57.0 Å². The Hall–Kier alpha value is -3.01. The average Bonchev–Trinajstić information content (AvgIpc) is 2.82. The summed E-state index contributed by atoms with van der Waals surface area (Å²) in [6.45, 7) is 2.77. The summed E-state index contributed by atoms with van der Waals surface area (Å²) in [6.07, 6.45) is 2.47. The van der Waals surface area contributed by atoms with E-state index >= 15 is 0 Å². The number of nitriles is 1. The molecular weight excluding hydrogens is 306 g/mol. The summed E-state index contributed by atoms with van der Waals surface area (Å²) in [4.78, 5) is 35.2. The molecule has 0 saturated heterocycles. The smallest absolute Gasteiger partial charge is 0.256 e. The number of hydrogen-bond acceptors (Lipinski definition) is 5. The van der Waals surface area contributed by atoms with Gasteiger partial charge in [-0.1, -0.05) is 0 Å². The molecule has 2 aromatic rings. The first-order valence-electron chi connectivity index (χ1n) is 7.72. The Morgan fingerprint density at radius 2 is 2.04 bits per heavy atom. The highest BCUT2D eigenvalue weighted by molar-refractivity contribution is 5.94. The summed E-state index contributed by atoms with van der Waals surface area (Å²) in [7, 11) is 1.71. The van der Waals surface area contributed by atoms with Crippen LogP contribution in [0.2, 0.25) is 0 Å². The van der Waals surface area contributed by atoms with Crippen LogP contribution in [-0.2, 0) is 19.9 Å². The van der Waals surface area contributed by atoms with E-state index in [0.717, 1.165) is 5.69 Å². The molecule has 7 nitrogen and oxygen atoms in total. The van der Waals surface area contributed by atoms with Gasteiger partial charge in [0.1, 0.15) is 17.6 Å². The summed E-state index contributed by atoms with van der Waals surface area (Å²) in [5.74, 6) is 0.531. The van der Waals surface area contributed by atoms with E-state index in [4.69, 9.17) is 5.26 Å². The number of aryl methyl sites for hydroxylation is 1. The van der Waals surface area contributed by atoms with Gasteiger partial charge in [-0.15, -0.1) is 0 Å². The Kier molecular flexibility index (Phi) is 4.13. The first-order chi connectivity index (χ1) is 11.5. The van der Waals surface area contributed by atoms with Gasteiger partial charge in [0.25, 0.3) is 11.5 Å². The lowest BCUT2D eigenvalue weighted by Gasteiger charge is -2.19. The largest absolute Gasteiger partial charge is 0.338 e. The lowest BCUT2D eigenvalue weighted by atomic mass is 10.1. The van der Waals surface area contributed by atoms with Gasteiger partial charge in [0.15, 0.2) is 0 Å². The average molecular weight is 323 g/mol. The maximum atomic E-state index is 12.6. The Morgan fingerprint density at radius 1 is 1.29 bits per heavy atom. The molecule has 0 N–H and O–H groups in total. The van der Waals surface area contributed by atoms with Crippen LogP contribution in [0.25, 0.3) is 0 Å². The van der Waals surface area contributed by atoms with E-state index in [1.165, 1.54) is 12.3 Å². The van der Waals surface area contributed by atoms with E-state index < -0.39 is 0 Å². The fourth-order valence-electron chi connectivity index (χ4n) is 2.84. The third-order valence-electron chi connectivity index (χ3n) is 4.36. The van der Waals surface area contributed by atoms with Gasteiger partial charge in [-0.2, -0.15) is 5.26 Å². The SMILES string of the molecule is Cc1nc2c(c(=O)n1C)CCN(C(=O)c1ccc(C#N)nc1)CC2. The van der Waals surface area contributed by atoms with Crippen molar-refractivity contribution in [3.8, 4) is 6.07 Å². The molecule has 3 rings (SSSR count). The summed E-state index contributed by atoms with van der Waals surface area (Å²) >= 11 is 0. The van der Waals surface area contributed by atoms with Crippen molar-refractivity contribution in [3.63, 3.8) is 0 Å². The van der Waals surface area contributed by atoms with Crippen molar-refractivity contribution >= 4 is 5.91 Å². The highest BCUT2D eigenvalue weighted by Crippen LogP contribution is 2.14. The second kappa shape index (κ2) is 6.24. The van der Waals surface area contributed by atoms with Crippen LogP contribution in [0.5, 0.6) is 0 Å². The monoisotopic (exact) mass is 323 g/mol. The van der Waals surface area contributed by atoms with Crippen LogP contribution in [0.3, 0.4) is 0 Å². The van der Waals surface area contributed by atoms with Crippen molar-refractivity contribution in [2.45, 2.75) is 19.8 Å². The fourth-order valence-corrected chi connectivity index (χ4v) is 2.84. The highest BCUT2D eigenvalue weighted by Gasteiger charge is 2.23. The molecule has 0 bridgehead atoms. The second-order valence-corrected chi connectivity index (χ2v) is 5.78. The third-order valence-corrected chi connectivity index (χ3v) is 4.36. The molecule has 0 fully saturated rings. The quantitative estimate of drug-likeness (QED) is 0.766. The van der Waals surface area contributed by atoms with Crippen LogP contribution in [0, 0.1) is 18.3 Å². The first-order valence-corrected chi connectivity index (χ1v) is 7.72. The molecule has 0 aliphatic carbocycles. The number of amides is 1. The number of carbonyl (C=O) groups is 1. The van der Waals surface area contributed by atoms with Gasteiger partial charge < -0.3 is 4.90 Å². The lowest BCUT2D eigenvalue weighted by molar-refractivity contribution is 0.0762. The summed E-state index contributed by atoms with van der Waals surface area (Å²) in [6, 6.07) is 5.06.